The van der Waals surface area contributed by atoms with Crippen LogP contribution in [0.4, 0.5) is 5.69 Å². The Hall–Kier alpha value is -2.03. The maximum Gasteiger partial charge on any atom is 0.218 e. The predicted molar refractivity (Wildman–Crippen MR) is 107 cm³/mol. The first-order chi connectivity index (χ1) is 11.2. The molecule has 0 saturated heterocycles. The fourth-order valence-corrected chi connectivity index (χ4v) is 1.93. The highest BCUT2D eigenvalue weighted by molar-refractivity contribution is 14.0. The number of anilines is 1. The van der Waals surface area contributed by atoms with Crippen LogP contribution in [-0.4, -0.2) is 24.7 Å². The summed E-state index contributed by atoms with van der Waals surface area (Å²) in [6.07, 6.45) is 2.63. The zero-order chi connectivity index (χ0) is 16.5. The molecule has 2 rings (SSSR count). The molecule has 0 aliphatic heterocycles. The maximum absolute atomic E-state index is 5.93. The Balaban J connectivity index is 0.00000288. The Morgan fingerprint density at radius 1 is 1.29 bits per heavy atom. The van der Waals surface area contributed by atoms with Gasteiger partial charge in [-0.2, -0.15) is 0 Å². The molecule has 0 unspecified atom stereocenters. The van der Waals surface area contributed by atoms with Gasteiger partial charge >= 0.3 is 0 Å². The Morgan fingerprint density at radius 2 is 2.12 bits per heavy atom. The van der Waals surface area contributed by atoms with Crippen molar-refractivity contribution in [2.24, 2.45) is 10.7 Å². The third-order valence-corrected chi connectivity index (χ3v) is 3.05. The smallest absolute Gasteiger partial charge is 0.218 e. The van der Waals surface area contributed by atoms with E-state index in [9.17, 15) is 0 Å². The first-order valence-corrected chi connectivity index (χ1v) is 7.50. The molecule has 0 saturated carbocycles. The number of benzene rings is 1. The first kappa shape index (κ1) is 20.0. The lowest BCUT2D eigenvalue weighted by molar-refractivity contribution is 0.302. The van der Waals surface area contributed by atoms with Crippen molar-refractivity contribution < 1.29 is 9.47 Å². The molecule has 0 bridgehead atoms. The van der Waals surface area contributed by atoms with Crippen LogP contribution in [-0.2, 0) is 6.54 Å². The number of pyridine rings is 1. The quantitative estimate of drug-likeness (QED) is 0.390. The normalized spacial score (nSPS) is 10.7. The lowest BCUT2D eigenvalue weighted by Gasteiger charge is -2.09. The molecule has 0 aliphatic rings. The van der Waals surface area contributed by atoms with Crippen molar-refractivity contribution in [1.29, 1.82) is 0 Å². The average molecular weight is 442 g/mol. The number of ether oxygens (including phenoxy) is 2. The van der Waals surface area contributed by atoms with Gasteiger partial charge in [0.15, 0.2) is 5.96 Å². The molecule has 0 fully saturated rings. The molecule has 0 spiro atoms. The van der Waals surface area contributed by atoms with Crippen LogP contribution in [0.2, 0.25) is 0 Å². The SMILES string of the molecule is CCCOc1ncccc1CN=C(N)Nc1cccc(OC)c1.I. The lowest BCUT2D eigenvalue weighted by atomic mass is 10.3. The Labute approximate surface area is 159 Å². The number of rotatable bonds is 7. The molecule has 7 heteroatoms. The van der Waals surface area contributed by atoms with E-state index in [-0.39, 0.29) is 24.0 Å². The number of aliphatic imine (C=N–C) groups is 1. The van der Waals surface area contributed by atoms with Gasteiger partial charge in [0.2, 0.25) is 5.88 Å². The number of nitrogens with two attached hydrogens (primary N) is 1. The van der Waals surface area contributed by atoms with Gasteiger partial charge in [0.25, 0.3) is 0 Å². The summed E-state index contributed by atoms with van der Waals surface area (Å²) in [5.41, 5.74) is 7.65. The Bertz CT molecular complexity index is 665. The van der Waals surface area contributed by atoms with Crippen LogP contribution in [0.3, 0.4) is 0 Å². The zero-order valence-corrected chi connectivity index (χ0v) is 16.2. The van der Waals surface area contributed by atoms with Gasteiger partial charge in [-0.15, -0.1) is 24.0 Å². The minimum absolute atomic E-state index is 0. The molecule has 1 aromatic carbocycles. The number of nitrogens with one attached hydrogen (secondary N) is 1. The molecule has 1 heterocycles. The van der Waals surface area contributed by atoms with Crippen LogP contribution in [0, 0.1) is 0 Å². The molecule has 0 aliphatic carbocycles. The maximum atomic E-state index is 5.93. The highest BCUT2D eigenvalue weighted by Crippen LogP contribution is 2.17. The second kappa shape index (κ2) is 10.7. The lowest BCUT2D eigenvalue weighted by Crippen LogP contribution is -2.22. The van der Waals surface area contributed by atoms with Crippen molar-refractivity contribution in [2.45, 2.75) is 19.9 Å². The molecule has 130 valence electrons. The molecule has 0 radical (unpaired) electrons. The summed E-state index contributed by atoms with van der Waals surface area (Å²) < 4.78 is 10.8. The average Bonchev–Trinajstić information content (AvgIpc) is 2.59. The van der Waals surface area contributed by atoms with Gasteiger partial charge < -0.3 is 20.5 Å². The number of halogens is 1. The Kier molecular flexibility index (Phi) is 8.92. The molecular weight excluding hydrogens is 419 g/mol. The fraction of sp³-hybridized carbons (Fsp3) is 0.294. The molecular formula is C17H23IN4O2. The van der Waals surface area contributed by atoms with Gasteiger partial charge in [-0.1, -0.05) is 19.1 Å². The van der Waals surface area contributed by atoms with Crippen LogP contribution in [0.25, 0.3) is 0 Å². The molecule has 2 aromatic rings. The standard InChI is InChI=1S/C17H22N4O2.HI/c1-3-10-23-16-13(6-5-9-19-16)12-20-17(18)21-14-7-4-8-15(11-14)22-2;/h4-9,11H,3,10,12H2,1-2H3,(H3,18,20,21);1H. The second-order valence-corrected chi connectivity index (χ2v) is 4.87. The van der Waals surface area contributed by atoms with Crippen LogP contribution in [0.15, 0.2) is 47.6 Å². The van der Waals surface area contributed by atoms with Crippen molar-refractivity contribution in [1.82, 2.24) is 4.98 Å². The molecule has 3 N–H and O–H groups in total. The molecule has 0 atom stereocenters. The predicted octanol–water partition coefficient (Wildman–Crippen LogP) is 3.42. The largest absolute Gasteiger partial charge is 0.497 e. The minimum Gasteiger partial charge on any atom is -0.497 e. The fourth-order valence-electron chi connectivity index (χ4n) is 1.93. The summed E-state index contributed by atoms with van der Waals surface area (Å²) in [7, 11) is 1.62. The van der Waals surface area contributed by atoms with Gasteiger partial charge in [-0.25, -0.2) is 9.98 Å². The number of guanidine groups is 1. The van der Waals surface area contributed by atoms with E-state index < -0.39 is 0 Å². The zero-order valence-electron chi connectivity index (χ0n) is 13.9. The monoisotopic (exact) mass is 442 g/mol. The molecule has 0 amide bonds. The minimum atomic E-state index is 0. The van der Waals surface area contributed by atoms with E-state index in [1.807, 2.05) is 36.4 Å². The first-order valence-electron chi connectivity index (χ1n) is 7.50. The van der Waals surface area contributed by atoms with E-state index in [1.165, 1.54) is 0 Å². The van der Waals surface area contributed by atoms with Crippen LogP contribution in [0.1, 0.15) is 18.9 Å². The highest BCUT2D eigenvalue weighted by Gasteiger charge is 2.04. The van der Waals surface area contributed by atoms with Crippen LogP contribution >= 0.6 is 24.0 Å². The summed E-state index contributed by atoms with van der Waals surface area (Å²) in [5, 5.41) is 3.04. The van der Waals surface area contributed by atoms with Gasteiger partial charge in [-0.05, 0) is 24.6 Å². The molecule has 6 nitrogen and oxygen atoms in total. The third-order valence-electron chi connectivity index (χ3n) is 3.05. The summed E-state index contributed by atoms with van der Waals surface area (Å²) >= 11 is 0. The van der Waals surface area contributed by atoms with Gasteiger partial charge in [-0.3, -0.25) is 0 Å². The summed E-state index contributed by atoms with van der Waals surface area (Å²) in [5.74, 6) is 1.68. The van der Waals surface area contributed by atoms with Gasteiger partial charge in [0, 0.05) is 23.5 Å². The van der Waals surface area contributed by atoms with Crippen molar-refractivity contribution in [3.05, 3.63) is 48.2 Å². The van der Waals surface area contributed by atoms with Crippen molar-refractivity contribution >= 4 is 35.6 Å². The van der Waals surface area contributed by atoms with E-state index in [0.717, 1.165) is 23.4 Å². The van der Waals surface area contributed by atoms with E-state index in [2.05, 4.69) is 22.2 Å². The van der Waals surface area contributed by atoms with E-state index >= 15 is 0 Å². The van der Waals surface area contributed by atoms with Crippen molar-refractivity contribution in [3.8, 4) is 11.6 Å². The summed E-state index contributed by atoms with van der Waals surface area (Å²) in [4.78, 5) is 8.57. The molecule has 24 heavy (non-hydrogen) atoms. The third kappa shape index (κ3) is 6.23. The number of nitrogens with zero attached hydrogens (tertiary/aromatic N) is 2. The number of hydrogen-bond acceptors (Lipinski definition) is 4. The number of methoxy groups -OCH3 is 1. The van der Waals surface area contributed by atoms with E-state index in [1.54, 1.807) is 13.3 Å². The van der Waals surface area contributed by atoms with Gasteiger partial charge in [0.1, 0.15) is 5.75 Å². The molecule has 1 aromatic heterocycles. The van der Waals surface area contributed by atoms with E-state index in [4.69, 9.17) is 15.2 Å². The second-order valence-electron chi connectivity index (χ2n) is 4.87. The van der Waals surface area contributed by atoms with Crippen LogP contribution < -0.4 is 20.5 Å². The Morgan fingerprint density at radius 3 is 2.88 bits per heavy atom. The number of aromatic nitrogens is 1. The van der Waals surface area contributed by atoms with Crippen molar-refractivity contribution in [3.63, 3.8) is 0 Å². The van der Waals surface area contributed by atoms with Crippen molar-refractivity contribution in [2.75, 3.05) is 19.0 Å². The summed E-state index contributed by atoms with van der Waals surface area (Å²) in [6.45, 7) is 3.08. The van der Waals surface area contributed by atoms with E-state index in [0.29, 0.717) is 25.0 Å². The highest BCUT2D eigenvalue weighted by atomic mass is 127. The van der Waals surface area contributed by atoms with Gasteiger partial charge in [0.05, 0.1) is 20.3 Å². The summed E-state index contributed by atoms with van der Waals surface area (Å²) in [6, 6.07) is 11.3. The topological polar surface area (TPSA) is 81.8 Å². The number of hydrogen-bond donors (Lipinski definition) is 2. The van der Waals surface area contributed by atoms with Crippen LogP contribution in [0.5, 0.6) is 11.6 Å².